The molecule has 0 saturated carbocycles. The monoisotopic (exact) mass is 262 g/mol. The van der Waals surface area contributed by atoms with E-state index >= 15 is 0 Å². The van der Waals surface area contributed by atoms with E-state index in [1.807, 2.05) is 0 Å². The van der Waals surface area contributed by atoms with Crippen LogP contribution in [0.25, 0.3) is 0 Å². The summed E-state index contributed by atoms with van der Waals surface area (Å²) in [6.07, 6.45) is 1.01. The fourth-order valence-corrected chi connectivity index (χ4v) is 2.84. The zero-order chi connectivity index (χ0) is 13.9. The molecule has 0 amide bonds. The standard InChI is InChI=1S/C16H26N2O/c1-5-13-12-14(6-7-15(13)19-4)16(2,3)18-10-8-17-9-11-18/h6-7,12,17H,5,8-11H2,1-4H3. The lowest BCUT2D eigenvalue weighted by molar-refractivity contribution is 0.102. The second-order valence-corrected chi connectivity index (χ2v) is 5.68. The normalized spacial score (nSPS) is 17.5. The van der Waals surface area contributed by atoms with Crippen molar-refractivity contribution >= 4 is 0 Å². The van der Waals surface area contributed by atoms with Gasteiger partial charge in [0.15, 0.2) is 0 Å². The molecule has 106 valence electrons. The number of hydrogen-bond acceptors (Lipinski definition) is 3. The predicted molar refractivity (Wildman–Crippen MR) is 79.8 cm³/mol. The van der Waals surface area contributed by atoms with Crippen LogP contribution in [0.5, 0.6) is 5.75 Å². The van der Waals surface area contributed by atoms with Gasteiger partial charge < -0.3 is 10.1 Å². The average Bonchev–Trinajstić information content (AvgIpc) is 2.47. The first kappa shape index (κ1) is 14.4. The van der Waals surface area contributed by atoms with E-state index in [0.29, 0.717) is 0 Å². The first-order valence-electron chi connectivity index (χ1n) is 7.22. The predicted octanol–water partition coefficient (Wildman–Crippen LogP) is 2.40. The molecule has 0 radical (unpaired) electrons. The van der Waals surface area contributed by atoms with E-state index in [4.69, 9.17) is 4.74 Å². The largest absolute Gasteiger partial charge is 0.496 e. The Morgan fingerprint density at radius 1 is 1.26 bits per heavy atom. The Labute approximate surface area is 116 Å². The topological polar surface area (TPSA) is 24.5 Å². The quantitative estimate of drug-likeness (QED) is 0.902. The van der Waals surface area contributed by atoms with Gasteiger partial charge in [-0.3, -0.25) is 4.90 Å². The molecule has 1 aromatic rings. The van der Waals surface area contributed by atoms with Crippen LogP contribution in [-0.2, 0) is 12.0 Å². The van der Waals surface area contributed by atoms with Crippen molar-refractivity contribution in [2.24, 2.45) is 0 Å². The Morgan fingerprint density at radius 2 is 1.95 bits per heavy atom. The van der Waals surface area contributed by atoms with E-state index in [9.17, 15) is 0 Å². The van der Waals surface area contributed by atoms with Crippen LogP contribution in [0.1, 0.15) is 31.9 Å². The Hall–Kier alpha value is -1.06. The number of ether oxygens (including phenoxy) is 1. The molecule has 3 nitrogen and oxygen atoms in total. The van der Waals surface area contributed by atoms with Crippen molar-refractivity contribution in [3.8, 4) is 5.75 Å². The van der Waals surface area contributed by atoms with Crippen molar-refractivity contribution in [2.45, 2.75) is 32.7 Å². The molecule has 0 unspecified atom stereocenters. The van der Waals surface area contributed by atoms with Crippen LogP contribution in [0.15, 0.2) is 18.2 Å². The number of nitrogens with one attached hydrogen (secondary N) is 1. The fraction of sp³-hybridized carbons (Fsp3) is 0.625. The Kier molecular flexibility index (Phi) is 4.48. The van der Waals surface area contributed by atoms with Crippen LogP contribution in [0.2, 0.25) is 0 Å². The number of aryl methyl sites for hydroxylation is 1. The summed E-state index contributed by atoms with van der Waals surface area (Å²) in [4.78, 5) is 2.56. The minimum Gasteiger partial charge on any atom is -0.496 e. The molecule has 1 saturated heterocycles. The summed E-state index contributed by atoms with van der Waals surface area (Å²) in [6, 6.07) is 6.62. The second-order valence-electron chi connectivity index (χ2n) is 5.68. The number of nitrogens with zero attached hydrogens (tertiary/aromatic N) is 1. The molecule has 0 spiro atoms. The van der Waals surface area contributed by atoms with E-state index < -0.39 is 0 Å². The summed E-state index contributed by atoms with van der Waals surface area (Å²) in [5.74, 6) is 1.00. The second kappa shape index (κ2) is 5.93. The van der Waals surface area contributed by atoms with E-state index in [2.05, 4.69) is 49.2 Å². The Bertz CT molecular complexity index is 423. The average molecular weight is 262 g/mol. The minimum absolute atomic E-state index is 0.0816. The summed E-state index contributed by atoms with van der Waals surface area (Å²) < 4.78 is 5.43. The van der Waals surface area contributed by atoms with E-state index in [-0.39, 0.29) is 5.54 Å². The highest BCUT2D eigenvalue weighted by atomic mass is 16.5. The van der Waals surface area contributed by atoms with Gasteiger partial charge in [0, 0.05) is 31.7 Å². The van der Waals surface area contributed by atoms with Gasteiger partial charge in [-0.25, -0.2) is 0 Å². The van der Waals surface area contributed by atoms with Gasteiger partial charge in [-0.2, -0.15) is 0 Å². The lowest BCUT2D eigenvalue weighted by Gasteiger charge is -2.41. The molecule has 1 N–H and O–H groups in total. The van der Waals surface area contributed by atoms with Crippen LogP contribution in [0.3, 0.4) is 0 Å². The third-order valence-electron chi connectivity index (χ3n) is 4.28. The first-order valence-corrected chi connectivity index (χ1v) is 7.22. The van der Waals surface area contributed by atoms with Crippen molar-refractivity contribution in [2.75, 3.05) is 33.3 Å². The van der Waals surface area contributed by atoms with Crippen LogP contribution >= 0.6 is 0 Å². The van der Waals surface area contributed by atoms with E-state index in [1.165, 1.54) is 11.1 Å². The summed E-state index contributed by atoms with van der Waals surface area (Å²) in [7, 11) is 1.75. The summed E-state index contributed by atoms with van der Waals surface area (Å²) in [5.41, 5.74) is 2.76. The molecule has 1 aromatic carbocycles. The maximum atomic E-state index is 5.43. The summed E-state index contributed by atoms with van der Waals surface area (Å²) in [6.45, 7) is 11.2. The maximum Gasteiger partial charge on any atom is 0.122 e. The minimum atomic E-state index is 0.0816. The van der Waals surface area contributed by atoms with Crippen molar-refractivity contribution in [1.29, 1.82) is 0 Å². The molecular formula is C16H26N2O. The van der Waals surface area contributed by atoms with Crippen molar-refractivity contribution in [3.63, 3.8) is 0 Å². The van der Waals surface area contributed by atoms with Gasteiger partial charge in [-0.15, -0.1) is 0 Å². The molecular weight excluding hydrogens is 236 g/mol. The molecule has 1 aliphatic heterocycles. The zero-order valence-corrected chi connectivity index (χ0v) is 12.6. The lowest BCUT2D eigenvalue weighted by atomic mass is 9.89. The van der Waals surface area contributed by atoms with Crippen molar-refractivity contribution in [3.05, 3.63) is 29.3 Å². The van der Waals surface area contributed by atoms with Crippen molar-refractivity contribution < 1.29 is 4.74 Å². The summed E-state index contributed by atoms with van der Waals surface area (Å²) >= 11 is 0. The van der Waals surface area contributed by atoms with Gasteiger partial charge >= 0.3 is 0 Å². The number of piperazine rings is 1. The number of methoxy groups -OCH3 is 1. The first-order chi connectivity index (χ1) is 9.09. The molecule has 0 aliphatic carbocycles. The van der Waals surface area contributed by atoms with Gasteiger partial charge in [-0.05, 0) is 37.5 Å². The summed E-state index contributed by atoms with van der Waals surface area (Å²) in [5, 5.41) is 3.42. The van der Waals surface area contributed by atoms with Gasteiger partial charge in [0.05, 0.1) is 7.11 Å². The molecule has 19 heavy (non-hydrogen) atoms. The number of rotatable bonds is 4. The SMILES string of the molecule is CCc1cc(C(C)(C)N2CCNCC2)ccc1OC. The molecule has 3 heteroatoms. The number of benzene rings is 1. The highest BCUT2D eigenvalue weighted by Crippen LogP contribution is 2.31. The smallest absolute Gasteiger partial charge is 0.122 e. The molecule has 1 fully saturated rings. The highest BCUT2D eigenvalue weighted by Gasteiger charge is 2.29. The third-order valence-corrected chi connectivity index (χ3v) is 4.28. The molecule has 0 atom stereocenters. The highest BCUT2D eigenvalue weighted by molar-refractivity contribution is 5.39. The Balaban J connectivity index is 2.28. The lowest BCUT2D eigenvalue weighted by Crippen LogP contribution is -2.51. The van der Waals surface area contributed by atoms with Crippen LogP contribution < -0.4 is 10.1 Å². The number of hydrogen-bond donors (Lipinski definition) is 1. The van der Waals surface area contributed by atoms with E-state index in [1.54, 1.807) is 7.11 Å². The van der Waals surface area contributed by atoms with Gasteiger partial charge in [0.1, 0.15) is 5.75 Å². The molecule has 1 aliphatic rings. The third kappa shape index (κ3) is 2.93. The zero-order valence-electron chi connectivity index (χ0n) is 12.6. The van der Waals surface area contributed by atoms with Crippen LogP contribution in [0.4, 0.5) is 0 Å². The van der Waals surface area contributed by atoms with Crippen LogP contribution in [0, 0.1) is 0 Å². The van der Waals surface area contributed by atoms with E-state index in [0.717, 1.165) is 38.3 Å². The molecule has 0 aromatic heterocycles. The van der Waals surface area contributed by atoms with Gasteiger partial charge in [0.25, 0.3) is 0 Å². The van der Waals surface area contributed by atoms with Crippen molar-refractivity contribution in [1.82, 2.24) is 10.2 Å². The fourth-order valence-electron chi connectivity index (χ4n) is 2.84. The maximum absolute atomic E-state index is 5.43. The molecule has 1 heterocycles. The van der Waals surface area contributed by atoms with Crippen LogP contribution in [-0.4, -0.2) is 38.2 Å². The van der Waals surface area contributed by atoms with Gasteiger partial charge in [0.2, 0.25) is 0 Å². The van der Waals surface area contributed by atoms with Gasteiger partial charge in [-0.1, -0.05) is 19.1 Å². The molecule has 0 bridgehead atoms. The Morgan fingerprint density at radius 3 is 2.53 bits per heavy atom. The molecule has 2 rings (SSSR count).